The first-order valence-corrected chi connectivity index (χ1v) is 5.07. The molecule has 0 aromatic carbocycles. The van der Waals surface area contributed by atoms with Crippen LogP contribution in [0.5, 0.6) is 0 Å². The topological polar surface area (TPSA) is 84.6 Å². The van der Waals surface area contributed by atoms with Gasteiger partial charge < -0.3 is 19.7 Å². The Kier molecular flexibility index (Phi) is 4.94. The zero-order chi connectivity index (χ0) is 12.0. The molecule has 6 heteroatoms. The van der Waals surface area contributed by atoms with Crippen LogP contribution in [-0.2, 0) is 11.3 Å². The van der Waals surface area contributed by atoms with Gasteiger partial charge in [0.15, 0.2) is 11.5 Å². The van der Waals surface area contributed by atoms with Crippen molar-refractivity contribution in [2.24, 2.45) is 0 Å². The summed E-state index contributed by atoms with van der Waals surface area (Å²) in [6, 6.07) is 1.26. The molecule has 1 aromatic rings. The number of rotatable bonds is 6. The number of ether oxygens (including phenoxy) is 1. The average Bonchev–Trinajstić information content (AvgIpc) is 2.74. The summed E-state index contributed by atoms with van der Waals surface area (Å²) in [5, 5.41) is 15.2. The molecule has 1 atom stereocenters. The van der Waals surface area contributed by atoms with Crippen LogP contribution in [0, 0.1) is 0 Å². The number of amides is 1. The van der Waals surface area contributed by atoms with E-state index in [1.807, 2.05) is 6.92 Å². The van der Waals surface area contributed by atoms with Crippen LogP contribution in [0.15, 0.2) is 10.6 Å². The summed E-state index contributed by atoms with van der Waals surface area (Å²) >= 11 is 0. The summed E-state index contributed by atoms with van der Waals surface area (Å²) in [5.74, 6) is 0.136. The van der Waals surface area contributed by atoms with E-state index in [2.05, 4.69) is 10.5 Å². The van der Waals surface area contributed by atoms with E-state index in [0.717, 1.165) is 0 Å². The molecular weight excluding hydrogens is 212 g/mol. The van der Waals surface area contributed by atoms with Crippen molar-refractivity contribution in [3.63, 3.8) is 0 Å². The van der Waals surface area contributed by atoms with Gasteiger partial charge in [-0.05, 0) is 6.42 Å². The molecule has 0 aliphatic rings. The highest BCUT2D eigenvalue weighted by atomic mass is 16.5. The van der Waals surface area contributed by atoms with Crippen molar-refractivity contribution in [1.82, 2.24) is 10.5 Å². The minimum atomic E-state index is -0.355. The summed E-state index contributed by atoms with van der Waals surface area (Å²) < 4.78 is 9.72. The SMILES string of the molecule is CC[C@H](CO)NC(=O)c1cc(COC)on1. The number of carbonyl (C=O) groups is 1. The van der Waals surface area contributed by atoms with Crippen LogP contribution in [-0.4, -0.2) is 35.9 Å². The lowest BCUT2D eigenvalue weighted by molar-refractivity contribution is 0.0905. The van der Waals surface area contributed by atoms with Gasteiger partial charge >= 0.3 is 0 Å². The maximum Gasteiger partial charge on any atom is 0.273 e. The number of aliphatic hydroxyl groups is 1. The van der Waals surface area contributed by atoms with Crippen molar-refractivity contribution < 1.29 is 19.2 Å². The predicted molar refractivity (Wildman–Crippen MR) is 55.8 cm³/mol. The number of nitrogens with one attached hydrogen (secondary N) is 1. The fourth-order valence-electron chi connectivity index (χ4n) is 1.17. The Hall–Kier alpha value is -1.40. The highest BCUT2D eigenvalue weighted by Crippen LogP contribution is 2.05. The normalized spacial score (nSPS) is 12.4. The smallest absolute Gasteiger partial charge is 0.273 e. The summed E-state index contributed by atoms with van der Waals surface area (Å²) in [7, 11) is 1.53. The van der Waals surface area contributed by atoms with E-state index < -0.39 is 0 Å². The fraction of sp³-hybridized carbons (Fsp3) is 0.600. The number of methoxy groups -OCH3 is 1. The van der Waals surface area contributed by atoms with Gasteiger partial charge in [-0.3, -0.25) is 4.79 Å². The summed E-state index contributed by atoms with van der Waals surface area (Å²) in [5.41, 5.74) is 0.193. The second kappa shape index (κ2) is 6.24. The lowest BCUT2D eigenvalue weighted by Crippen LogP contribution is -2.37. The van der Waals surface area contributed by atoms with Crippen molar-refractivity contribution >= 4 is 5.91 Å². The number of aliphatic hydroxyl groups excluding tert-OH is 1. The molecule has 0 unspecified atom stereocenters. The van der Waals surface area contributed by atoms with E-state index in [1.54, 1.807) is 0 Å². The van der Waals surface area contributed by atoms with E-state index in [4.69, 9.17) is 14.4 Å². The zero-order valence-electron chi connectivity index (χ0n) is 9.40. The van der Waals surface area contributed by atoms with Crippen LogP contribution >= 0.6 is 0 Å². The third-order valence-corrected chi connectivity index (χ3v) is 2.13. The number of aromatic nitrogens is 1. The standard InChI is InChI=1S/C10H16N2O4/c1-3-7(5-13)11-10(14)9-4-8(6-15-2)16-12-9/h4,7,13H,3,5-6H2,1-2H3,(H,11,14)/t7-/m1/s1. The van der Waals surface area contributed by atoms with Gasteiger partial charge in [-0.25, -0.2) is 0 Å². The van der Waals surface area contributed by atoms with Gasteiger partial charge in [-0.2, -0.15) is 0 Å². The molecule has 1 rings (SSSR count). The molecule has 1 amide bonds. The number of nitrogens with zero attached hydrogens (tertiary/aromatic N) is 1. The first-order valence-electron chi connectivity index (χ1n) is 5.07. The van der Waals surface area contributed by atoms with Crippen molar-refractivity contribution in [3.8, 4) is 0 Å². The van der Waals surface area contributed by atoms with Gasteiger partial charge in [0.2, 0.25) is 0 Å². The molecule has 16 heavy (non-hydrogen) atoms. The van der Waals surface area contributed by atoms with E-state index >= 15 is 0 Å². The molecule has 0 bridgehead atoms. The van der Waals surface area contributed by atoms with Gasteiger partial charge in [0.05, 0.1) is 12.6 Å². The van der Waals surface area contributed by atoms with Gasteiger partial charge in [0, 0.05) is 13.2 Å². The largest absolute Gasteiger partial charge is 0.394 e. The van der Waals surface area contributed by atoms with Gasteiger partial charge in [0.1, 0.15) is 6.61 Å². The Bertz CT molecular complexity index is 333. The van der Waals surface area contributed by atoms with Crippen LogP contribution in [0.25, 0.3) is 0 Å². The summed E-state index contributed by atoms with van der Waals surface area (Å²) in [6.45, 7) is 2.06. The maximum atomic E-state index is 11.6. The van der Waals surface area contributed by atoms with E-state index in [1.165, 1.54) is 13.2 Å². The lowest BCUT2D eigenvalue weighted by atomic mass is 10.2. The Morgan fingerprint density at radius 1 is 1.75 bits per heavy atom. The Morgan fingerprint density at radius 3 is 3.06 bits per heavy atom. The molecule has 1 heterocycles. The van der Waals surface area contributed by atoms with Crippen molar-refractivity contribution in [1.29, 1.82) is 0 Å². The third-order valence-electron chi connectivity index (χ3n) is 2.13. The Labute approximate surface area is 93.6 Å². The second-order valence-corrected chi connectivity index (χ2v) is 3.37. The highest BCUT2D eigenvalue weighted by molar-refractivity contribution is 5.92. The second-order valence-electron chi connectivity index (χ2n) is 3.37. The number of hydrogen-bond donors (Lipinski definition) is 2. The van der Waals surface area contributed by atoms with Crippen LogP contribution < -0.4 is 5.32 Å². The van der Waals surface area contributed by atoms with Crippen LogP contribution in [0.1, 0.15) is 29.6 Å². The van der Waals surface area contributed by atoms with Gasteiger partial charge in [-0.15, -0.1) is 0 Å². The van der Waals surface area contributed by atoms with Crippen molar-refractivity contribution in [2.45, 2.75) is 26.0 Å². The van der Waals surface area contributed by atoms with E-state index in [9.17, 15) is 4.79 Å². The molecule has 0 saturated carbocycles. The molecule has 0 aliphatic carbocycles. The number of hydrogen-bond acceptors (Lipinski definition) is 5. The molecule has 0 spiro atoms. The Morgan fingerprint density at radius 2 is 2.50 bits per heavy atom. The lowest BCUT2D eigenvalue weighted by Gasteiger charge is -2.11. The summed E-state index contributed by atoms with van der Waals surface area (Å²) in [6.07, 6.45) is 0.658. The summed E-state index contributed by atoms with van der Waals surface area (Å²) in [4.78, 5) is 11.6. The molecule has 0 saturated heterocycles. The maximum absolute atomic E-state index is 11.6. The van der Waals surface area contributed by atoms with Crippen LogP contribution in [0.4, 0.5) is 0 Å². The van der Waals surface area contributed by atoms with Gasteiger partial charge in [-0.1, -0.05) is 12.1 Å². The molecule has 0 aliphatic heterocycles. The zero-order valence-corrected chi connectivity index (χ0v) is 9.40. The van der Waals surface area contributed by atoms with Crippen molar-refractivity contribution in [3.05, 3.63) is 17.5 Å². The molecule has 0 fully saturated rings. The quantitative estimate of drug-likeness (QED) is 0.732. The minimum absolute atomic E-state index is 0.0922. The molecule has 90 valence electrons. The molecule has 0 radical (unpaired) electrons. The van der Waals surface area contributed by atoms with Crippen LogP contribution in [0.2, 0.25) is 0 Å². The predicted octanol–water partition coefficient (Wildman–Crippen LogP) is 0.322. The van der Waals surface area contributed by atoms with Crippen LogP contribution in [0.3, 0.4) is 0 Å². The molecule has 2 N–H and O–H groups in total. The number of carbonyl (C=O) groups excluding carboxylic acids is 1. The molecule has 1 aromatic heterocycles. The Balaban J connectivity index is 2.58. The first-order chi connectivity index (χ1) is 7.71. The molecular formula is C10H16N2O4. The first kappa shape index (κ1) is 12.7. The van der Waals surface area contributed by atoms with E-state index in [-0.39, 0.29) is 30.9 Å². The monoisotopic (exact) mass is 228 g/mol. The minimum Gasteiger partial charge on any atom is -0.394 e. The average molecular weight is 228 g/mol. The van der Waals surface area contributed by atoms with E-state index in [0.29, 0.717) is 12.2 Å². The molecule has 6 nitrogen and oxygen atoms in total. The van der Waals surface area contributed by atoms with Crippen molar-refractivity contribution in [2.75, 3.05) is 13.7 Å². The van der Waals surface area contributed by atoms with Gasteiger partial charge in [0.25, 0.3) is 5.91 Å². The third kappa shape index (κ3) is 3.32. The fourth-order valence-corrected chi connectivity index (χ4v) is 1.17. The highest BCUT2D eigenvalue weighted by Gasteiger charge is 2.15.